The average molecular weight is 430 g/mol. The fourth-order valence-electron chi connectivity index (χ4n) is 3.00. The molecule has 4 heterocycles. The molecule has 160 valence electrons. The van der Waals surface area contributed by atoms with Gasteiger partial charge in [0.05, 0.1) is 6.33 Å². The summed E-state index contributed by atoms with van der Waals surface area (Å²) in [5, 5.41) is 29.7. The molecule has 3 aromatic heterocycles. The van der Waals surface area contributed by atoms with E-state index in [1.165, 1.54) is 0 Å². The molecule has 6 N–H and O–H groups in total. The zero-order chi connectivity index (χ0) is 21.7. The van der Waals surface area contributed by atoms with Crippen LogP contribution in [0.4, 0.5) is 19.1 Å². The number of nitrogen functional groups attached to an aromatic ring is 1. The Morgan fingerprint density at radius 3 is 2.70 bits per heavy atom. The topological polar surface area (TPSA) is 182 Å². The van der Waals surface area contributed by atoms with Gasteiger partial charge >= 0.3 is 0 Å². The summed E-state index contributed by atoms with van der Waals surface area (Å²) in [6, 6.07) is 0. The first-order valence-electron chi connectivity index (χ1n) is 8.29. The number of aliphatic hydroxyl groups excluding tert-OH is 2. The molecule has 12 nitrogen and oxygen atoms in total. The first-order valence-corrected chi connectivity index (χ1v) is 8.29. The Morgan fingerprint density at radius 1 is 1.23 bits per heavy atom. The minimum Gasteiger partial charge on any atom is -0.491 e. The van der Waals surface area contributed by atoms with Gasteiger partial charge in [-0.05, 0) is 0 Å². The molecule has 0 radical (unpaired) electrons. The molecule has 3 aromatic rings. The van der Waals surface area contributed by atoms with Crippen LogP contribution in [-0.2, 0) is 4.74 Å². The molecule has 4 atom stereocenters. The van der Waals surface area contributed by atoms with E-state index in [-0.39, 0.29) is 17.1 Å². The summed E-state index contributed by atoms with van der Waals surface area (Å²) < 4.78 is 52.2. The number of hydrogen-bond acceptors (Lipinski definition) is 10. The van der Waals surface area contributed by atoms with Gasteiger partial charge < -0.3 is 30.5 Å². The molecule has 1 fully saturated rings. The Bertz CT molecular complexity index is 1160. The number of rotatable bonds is 4. The van der Waals surface area contributed by atoms with Crippen molar-refractivity contribution in [3.05, 3.63) is 34.3 Å². The maximum atomic E-state index is 13.8. The van der Waals surface area contributed by atoms with E-state index in [0.29, 0.717) is 0 Å². The van der Waals surface area contributed by atoms with Crippen molar-refractivity contribution in [1.82, 2.24) is 24.5 Å². The number of aliphatic hydroxyl groups is 2. The van der Waals surface area contributed by atoms with E-state index >= 15 is 0 Å². The minimum absolute atomic E-state index is 0.0488. The maximum absolute atomic E-state index is 13.8. The van der Waals surface area contributed by atoms with Crippen molar-refractivity contribution in [3.8, 4) is 11.6 Å². The molecule has 0 bridgehead atoms. The second-order valence-electron chi connectivity index (χ2n) is 6.32. The molecule has 0 aromatic carbocycles. The van der Waals surface area contributed by atoms with Crippen molar-refractivity contribution in [3.63, 3.8) is 0 Å². The number of imidazole rings is 1. The third kappa shape index (κ3) is 3.08. The molecule has 30 heavy (non-hydrogen) atoms. The smallest absolute Gasteiger partial charge is 0.280 e. The number of nitrogens with one attached hydrogen (secondary N) is 1. The van der Waals surface area contributed by atoms with Crippen LogP contribution in [0.1, 0.15) is 6.23 Å². The van der Waals surface area contributed by atoms with Crippen LogP contribution in [0.5, 0.6) is 11.6 Å². The van der Waals surface area contributed by atoms with Crippen LogP contribution in [0.25, 0.3) is 11.2 Å². The molecule has 4 rings (SSSR count). The highest BCUT2D eigenvalue weighted by atomic mass is 19.2. The van der Waals surface area contributed by atoms with Gasteiger partial charge in [-0.25, -0.2) is 4.98 Å². The Balaban J connectivity index is 1.59. The Morgan fingerprint density at radius 2 is 1.97 bits per heavy atom. The second-order valence-corrected chi connectivity index (χ2v) is 6.32. The van der Waals surface area contributed by atoms with Crippen molar-refractivity contribution in [2.75, 3.05) is 12.3 Å². The first kappa shape index (κ1) is 19.9. The highest BCUT2D eigenvalue weighted by Gasteiger charge is 2.45. The summed E-state index contributed by atoms with van der Waals surface area (Å²) in [5.41, 5.74) is 4.70. The zero-order valence-electron chi connectivity index (χ0n) is 14.7. The van der Waals surface area contributed by atoms with Crippen molar-refractivity contribution in [2.24, 2.45) is 0 Å². The predicted molar refractivity (Wildman–Crippen MR) is 89.8 cm³/mol. The lowest BCUT2D eigenvalue weighted by atomic mass is 10.1. The molecule has 15 heteroatoms. The molecule has 1 saturated heterocycles. The van der Waals surface area contributed by atoms with Gasteiger partial charge in [-0.15, -0.1) is 0 Å². The highest BCUT2D eigenvalue weighted by molar-refractivity contribution is 5.70. The zero-order valence-corrected chi connectivity index (χ0v) is 14.7. The van der Waals surface area contributed by atoms with Gasteiger partial charge in [0.1, 0.15) is 24.9 Å². The maximum Gasteiger partial charge on any atom is 0.280 e. The Kier molecular flexibility index (Phi) is 4.71. The summed E-state index contributed by atoms with van der Waals surface area (Å²) >= 11 is 0. The molecule has 1 aliphatic heterocycles. The SMILES string of the molecule is Nc1nc2c(ncn2[C@@H]2O[C@H](COc3c(F)c(O)nc(F)c3F)[C@@H](O)[C@H]2O)c(=O)[nH]1. The quantitative estimate of drug-likeness (QED) is 0.319. The molecule has 0 spiro atoms. The monoisotopic (exact) mass is 430 g/mol. The van der Waals surface area contributed by atoms with E-state index < -0.39 is 65.9 Å². The van der Waals surface area contributed by atoms with Gasteiger partial charge in [0.2, 0.25) is 23.3 Å². The fraction of sp³-hybridized carbons (Fsp3) is 0.333. The summed E-state index contributed by atoms with van der Waals surface area (Å²) in [5.74, 6) is -8.18. The first-order chi connectivity index (χ1) is 14.2. The number of hydrogen-bond donors (Lipinski definition) is 5. The van der Waals surface area contributed by atoms with Gasteiger partial charge in [0, 0.05) is 0 Å². The van der Waals surface area contributed by atoms with E-state index in [4.69, 9.17) is 20.3 Å². The van der Waals surface area contributed by atoms with Crippen LogP contribution in [0, 0.1) is 17.6 Å². The molecular formula is C15H13F3N6O6. The van der Waals surface area contributed by atoms with E-state index in [1.807, 2.05) is 0 Å². The summed E-state index contributed by atoms with van der Waals surface area (Å²) in [4.78, 5) is 24.5. The average Bonchev–Trinajstić information content (AvgIpc) is 3.22. The molecule has 1 aliphatic rings. The Labute approximate surface area is 163 Å². The molecular weight excluding hydrogens is 417 g/mol. The van der Waals surface area contributed by atoms with E-state index in [2.05, 4.69) is 19.9 Å². The van der Waals surface area contributed by atoms with Gasteiger partial charge in [0.15, 0.2) is 17.4 Å². The standard InChI is InChI=1S/C15H13F3N6O6/c16-4-9(5(17)12(27)21-10(4)18)29-1-3-7(25)8(26)14(30-3)24-2-20-6-11(24)22-15(19)23-13(6)28/h2-3,7-8,14,25-26H,1H2,(H,21,27)(H3,19,22,23,28)/t3-,7-,8-,14-/m1/s1. The molecule has 0 saturated carbocycles. The van der Waals surface area contributed by atoms with Gasteiger partial charge in [-0.1, -0.05) is 0 Å². The van der Waals surface area contributed by atoms with Gasteiger partial charge in [-0.3, -0.25) is 14.3 Å². The predicted octanol–water partition coefficient (Wildman–Crippen LogP) is -1.08. The van der Waals surface area contributed by atoms with E-state index in [1.54, 1.807) is 0 Å². The second kappa shape index (κ2) is 7.12. The van der Waals surface area contributed by atoms with Crippen molar-refractivity contribution in [1.29, 1.82) is 0 Å². The van der Waals surface area contributed by atoms with Crippen LogP contribution < -0.4 is 16.0 Å². The molecule has 0 unspecified atom stereocenters. The largest absolute Gasteiger partial charge is 0.491 e. The number of aromatic hydroxyl groups is 1. The highest BCUT2D eigenvalue weighted by Crippen LogP contribution is 2.33. The number of nitrogens with zero attached hydrogens (tertiary/aromatic N) is 4. The number of anilines is 1. The van der Waals surface area contributed by atoms with Gasteiger partial charge in [-0.2, -0.15) is 23.1 Å². The molecule has 0 aliphatic carbocycles. The number of fused-ring (bicyclic) bond motifs is 1. The van der Waals surface area contributed by atoms with Crippen LogP contribution in [0.2, 0.25) is 0 Å². The molecule has 0 amide bonds. The number of ether oxygens (including phenoxy) is 2. The van der Waals surface area contributed by atoms with Crippen LogP contribution in [0.15, 0.2) is 11.1 Å². The number of nitrogens with two attached hydrogens (primary N) is 1. The third-order valence-electron chi connectivity index (χ3n) is 4.43. The van der Waals surface area contributed by atoms with E-state index in [0.717, 1.165) is 10.9 Å². The van der Waals surface area contributed by atoms with Crippen molar-refractivity contribution in [2.45, 2.75) is 24.5 Å². The van der Waals surface area contributed by atoms with Crippen LogP contribution in [-0.4, -0.2) is 64.7 Å². The number of pyridine rings is 1. The van der Waals surface area contributed by atoms with Crippen LogP contribution >= 0.6 is 0 Å². The van der Waals surface area contributed by atoms with Crippen molar-refractivity contribution < 1.29 is 38.0 Å². The number of halogens is 3. The Hall–Kier alpha value is -3.43. The number of H-pyrrole nitrogens is 1. The normalized spacial score (nSPS) is 23.9. The lowest BCUT2D eigenvalue weighted by molar-refractivity contribution is -0.0483. The third-order valence-corrected chi connectivity index (χ3v) is 4.43. The van der Waals surface area contributed by atoms with Crippen molar-refractivity contribution >= 4 is 17.1 Å². The lowest BCUT2D eigenvalue weighted by Gasteiger charge is -2.17. The van der Waals surface area contributed by atoms with Gasteiger partial charge in [0.25, 0.3) is 17.4 Å². The number of aromatic amines is 1. The van der Waals surface area contributed by atoms with E-state index in [9.17, 15) is 28.2 Å². The van der Waals surface area contributed by atoms with Crippen LogP contribution in [0.3, 0.4) is 0 Å². The summed E-state index contributed by atoms with van der Waals surface area (Å²) in [6.07, 6.45) is -4.75. The summed E-state index contributed by atoms with van der Waals surface area (Å²) in [7, 11) is 0. The number of aromatic nitrogens is 5. The lowest BCUT2D eigenvalue weighted by Crippen LogP contribution is -2.34. The minimum atomic E-state index is -1.80. The fourth-order valence-corrected chi connectivity index (χ4v) is 3.00. The summed E-state index contributed by atoms with van der Waals surface area (Å²) in [6.45, 7) is -0.742.